The topological polar surface area (TPSA) is 28.7 Å². The maximum absolute atomic E-state index is 4.26. The highest BCUT2D eigenvalue weighted by atomic mass is 15.1. The highest BCUT2D eigenvalue weighted by Gasteiger charge is 2.01. The average molecular weight is 186 g/mol. The molecule has 0 saturated heterocycles. The Labute approximate surface area is 84.0 Å². The first-order chi connectivity index (χ1) is 6.79. The molecule has 0 aliphatic heterocycles. The lowest BCUT2D eigenvalue weighted by Gasteiger charge is -1.95. The van der Waals surface area contributed by atoms with Gasteiger partial charge in [-0.25, -0.2) is 0 Å². The lowest BCUT2D eigenvalue weighted by atomic mass is 10.1. The third kappa shape index (κ3) is 1.69. The van der Waals surface area contributed by atoms with E-state index >= 15 is 0 Å². The van der Waals surface area contributed by atoms with Crippen molar-refractivity contribution in [1.29, 1.82) is 0 Å². The van der Waals surface area contributed by atoms with Crippen molar-refractivity contribution in [2.75, 3.05) is 0 Å². The van der Waals surface area contributed by atoms with Crippen LogP contribution < -0.4 is 0 Å². The van der Waals surface area contributed by atoms with Crippen LogP contribution in [0.25, 0.3) is 11.3 Å². The quantitative estimate of drug-likeness (QED) is 0.767. The minimum absolute atomic E-state index is 0.999. The lowest BCUT2D eigenvalue weighted by Crippen LogP contribution is -1.78. The number of nitrogens with zero attached hydrogens (tertiary/aromatic N) is 1. The molecule has 1 N–H and O–H groups in total. The van der Waals surface area contributed by atoms with Crippen molar-refractivity contribution in [2.45, 2.75) is 20.3 Å². The summed E-state index contributed by atoms with van der Waals surface area (Å²) in [5, 5.41) is 7.28. The SMILES string of the molecule is CCc1cc(-c2ccc(C)cc2)n[nH]1. The highest BCUT2D eigenvalue weighted by Crippen LogP contribution is 2.18. The number of hydrogen-bond acceptors (Lipinski definition) is 1. The Morgan fingerprint density at radius 2 is 1.93 bits per heavy atom. The fourth-order valence-electron chi connectivity index (χ4n) is 1.41. The zero-order valence-corrected chi connectivity index (χ0v) is 8.54. The molecular formula is C12H14N2. The van der Waals surface area contributed by atoms with Crippen molar-refractivity contribution in [2.24, 2.45) is 0 Å². The van der Waals surface area contributed by atoms with Crippen molar-refractivity contribution in [3.63, 3.8) is 0 Å². The molecule has 0 atom stereocenters. The van der Waals surface area contributed by atoms with E-state index in [1.54, 1.807) is 0 Å². The molecule has 0 saturated carbocycles. The van der Waals surface area contributed by atoms with Gasteiger partial charge >= 0.3 is 0 Å². The van der Waals surface area contributed by atoms with Gasteiger partial charge < -0.3 is 0 Å². The normalized spacial score (nSPS) is 10.4. The fraction of sp³-hybridized carbons (Fsp3) is 0.250. The van der Waals surface area contributed by atoms with Crippen LogP contribution in [0.5, 0.6) is 0 Å². The number of hydrogen-bond donors (Lipinski definition) is 1. The zero-order valence-electron chi connectivity index (χ0n) is 8.54. The van der Waals surface area contributed by atoms with Gasteiger partial charge in [-0.15, -0.1) is 0 Å². The fourth-order valence-corrected chi connectivity index (χ4v) is 1.41. The second kappa shape index (κ2) is 3.66. The van der Waals surface area contributed by atoms with Gasteiger partial charge in [0, 0.05) is 11.3 Å². The molecule has 0 radical (unpaired) electrons. The molecule has 1 heterocycles. The molecule has 72 valence electrons. The van der Waals surface area contributed by atoms with Crippen molar-refractivity contribution in [3.05, 3.63) is 41.6 Å². The molecule has 1 aromatic heterocycles. The van der Waals surface area contributed by atoms with Crippen LogP contribution in [0.4, 0.5) is 0 Å². The van der Waals surface area contributed by atoms with Gasteiger partial charge in [-0.2, -0.15) is 5.10 Å². The van der Waals surface area contributed by atoms with E-state index in [-0.39, 0.29) is 0 Å². The molecule has 0 bridgehead atoms. The van der Waals surface area contributed by atoms with Crippen LogP contribution >= 0.6 is 0 Å². The summed E-state index contributed by atoms with van der Waals surface area (Å²) in [6.45, 7) is 4.21. The van der Waals surface area contributed by atoms with Gasteiger partial charge in [0.05, 0.1) is 5.69 Å². The highest BCUT2D eigenvalue weighted by molar-refractivity contribution is 5.59. The van der Waals surface area contributed by atoms with Crippen molar-refractivity contribution in [3.8, 4) is 11.3 Å². The molecule has 1 aromatic carbocycles. The summed E-state index contributed by atoms with van der Waals surface area (Å²) in [4.78, 5) is 0. The first kappa shape index (κ1) is 9.00. The van der Waals surface area contributed by atoms with Gasteiger partial charge in [-0.05, 0) is 19.4 Å². The number of aryl methyl sites for hydroxylation is 2. The number of benzene rings is 1. The predicted octanol–water partition coefficient (Wildman–Crippen LogP) is 2.95. The summed E-state index contributed by atoms with van der Waals surface area (Å²) in [6.07, 6.45) is 0.999. The van der Waals surface area contributed by atoms with Gasteiger partial charge in [-0.3, -0.25) is 5.10 Å². The Kier molecular flexibility index (Phi) is 2.35. The summed E-state index contributed by atoms with van der Waals surface area (Å²) < 4.78 is 0. The largest absolute Gasteiger partial charge is 0.282 e. The van der Waals surface area contributed by atoms with Gasteiger partial charge in [0.2, 0.25) is 0 Å². The first-order valence-electron chi connectivity index (χ1n) is 4.91. The molecule has 0 unspecified atom stereocenters. The summed E-state index contributed by atoms with van der Waals surface area (Å²) in [5.41, 5.74) is 4.66. The summed E-state index contributed by atoms with van der Waals surface area (Å²) in [7, 11) is 0. The number of nitrogens with one attached hydrogen (secondary N) is 1. The molecule has 2 nitrogen and oxygen atoms in total. The average Bonchev–Trinajstić information content (AvgIpc) is 2.67. The number of aromatic amines is 1. The van der Waals surface area contributed by atoms with E-state index in [4.69, 9.17) is 0 Å². The van der Waals surface area contributed by atoms with Gasteiger partial charge in [0.1, 0.15) is 0 Å². The van der Waals surface area contributed by atoms with Crippen molar-refractivity contribution >= 4 is 0 Å². The van der Waals surface area contributed by atoms with Crippen molar-refractivity contribution < 1.29 is 0 Å². The monoisotopic (exact) mass is 186 g/mol. The van der Waals surface area contributed by atoms with Crippen LogP contribution in [0.3, 0.4) is 0 Å². The van der Waals surface area contributed by atoms with Gasteiger partial charge in [0.15, 0.2) is 0 Å². The molecule has 0 spiro atoms. The van der Waals surface area contributed by atoms with Crippen LogP contribution in [-0.2, 0) is 6.42 Å². The van der Waals surface area contributed by atoms with Crippen LogP contribution in [0.1, 0.15) is 18.2 Å². The Hall–Kier alpha value is -1.57. The minimum atomic E-state index is 0.999. The molecular weight excluding hydrogens is 172 g/mol. The summed E-state index contributed by atoms with van der Waals surface area (Å²) in [5.74, 6) is 0. The smallest absolute Gasteiger partial charge is 0.0923 e. The third-order valence-electron chi connectivity index (χ3n) is 2.36. The third-order valence-corrected chi connectivity index (χ3v) is 2.36. The first-order valence-corrected chi connectivity index (χ1v) is 4.91. The van der Waals surface area contributed by atoms with E-state index < -0.39 is 0 Å². The number of H-pyrrole nitrogens is 1. The van der Waals surface area contributed by atoms with E-state index in [1.165, 1.54) is 16.8 Å². The molecule has 0 aliphatic rings. The van der Waals surface area contributed by atoms with Gasteiger partial charge in [-0.1, -0.05) is 36.8 Å². The Morgan fingerprint density at radius 3 is 2.50 bits per heavy atom. The van der Waals surface area contributed by atoms with Crippen LogP contribution in [-0.4, -0.2) is 10.2 Å². The zero-order chi connectivity index (χ0) is 9.97. The second-order valence-electron chi connectivity index (χ2n) is 3.50. The van der Waals surface area contributed by atoms with Gasteiger partial charge in [0.25, 0.3) is 0 Å². The van der Waals surface area contributed by atoms with Crippen LogP contribution in [0, 0.1) is 6.92 Å². The minimum Gasteiger partial charge on any atom is -0.282 e. The molecule has 2 rings (SSSR count). The molecule has 2 heteroatoms. The Bertz CT molecular complexity index is 412. The lowest BCUT2D eigenvalue weighted by molar-refractivity contribution is 0.976. The van der Waals surface area contributed by atoms with E-state index in [0.29, 0.717) is 0 Å². The van der Waals surface area contributed by atoms with E-state index in [0.717, 1.165) is 12.1 Å². The predicted molar refractivity (Wildman–Crippen MR) is 58.1 cm³/mol. The van der Waals surface area contributed by atoms with Crippen LogP contribution in [0.15, 0.2) is 30.3 Å². The van der Waals surface area contributed by atoms with E-state index in [2.05, 4.69) is 54.4 Å². The molecule has 14 heavy (non-hydrogen) atoms. The summed E-state index contributed by atoms with van der Waals surface area (Å²) >= 11 is 0. The number of rotatable bonds is 2. The standard InChI is InChI=1S/C12H14N2/c1-3-11-8-12(14-13-11)10-6-4-9(2)5-7-10/h4-8H,3H2,1-2H3,(H,13,14). The molecule has 0 fully saturated rings. The summed E-state index contributed by atoms with van der Waals surface area (Å²) in [6, 6.07) is 10.5. The molecule has 2 aromatic rings. The Balaban J connectivity index is 2.34. The second-order valence-corrected chi connectivity index (χ2v) is 3.50. The van der Waals surface area contributed by atoms with Crippen LogP contribution in [0.2, 0.25) is 0 Å². The molecule has 0 aliphatic carbocycles. The maximum atomic E-state index is 4.26. The van der Waals surface area contributed by atoms with E-state index in [1.807, 2.05) is 0 Å². The Morgan fingerprint density at radius 1 is 1.21 bits per heavy atom. The molecule has 0 amide bonds. The van der Waals surface area contributed by atoms with Crippen molar-refractivity contribution in [1.82, 2.24) is 10.2 Å². The van der Waals surface area contributed by atoms with E-state index in [9.17, 15) is 0 Å². The maximum Gasteiger partial charge on any atom is 0.0923 e. The number of aromatic nitrogens is 2.